The number of para-hydroxylation sites is 1. The fourth-order valence-corrected chi connectivity index (χ4v) is 2.91. The van der Waals surface area contributed by atoms with E-state index in [0.717, 1.165) is 17.3 Å². The predicted octanol–water partition coefficient (Wildman–Crippen LogP) is 4.82. The lowest BCUT2D eigenvalue weighted by atomic mass is 10.2. The van der Waals surface area contributed by atoms with Crippen LogP contribution in [0.15, 0.2) is 77.5 Å². The van der Waals surface area contributed by atoms with Crippen molar-refractivity contribution in [3.8, 4) is 6.07 Å². The molecule has 5 nitrogen and oxygen atoms in total. The van der Waals surface area contributed by atoms with Crippen molar-refractivity contribution < 1.29 is 9.53 Å². The van der Waals surface area contributed by atoms with Crippen molar-refractivity contribution in [2.45, 2.75) is 25.7 Å². The van der Waals surface area contributed by atoms with Crippen LogP contribution in [0.1, 0.15) is 5.56 Å². The van der Waals surface area contributed by atoms with Gasteiger partial charge in [-0.25, -0.2) is 9.80 Å². The lowest BCUT2D eigenvalue weighted by Crippen LogP contribution is -2.23. The molecule has 0 spiro atoms. The maximum atomic E-state index is 12.3. The second-order valence-corrected chi connectivity index (χ2v) is 13.1. The quantitative estimate of drug-likeness (QED) is 0.162. The third-order valence-electron chi connectivity index (χ3n) is 3.83. The molecule has 0 bridgehead atoms. The molecule has 6 heteroatoms. The van der Waals surface area contributed by atoms with Crippen LogP contribution in [0.4, 0.5) is 5.69 Å². The van der Waals surface area contributed by atoms with E-state index < -0.39 is 14.0 Å². The van der Waals surface area contributed by atoms with E-state index in [1.54, 1.807) is 6.21 Å². The van der Waals surface area contributed by atoms with E-state index in [9.17, 15) is 10.1 Å². The second-order valence-electron chi connectivity index (χ2n) is 7.44. The third-order valence-corrected chi connectivity index (χ3v) is 5.53. The molecule has 0 aromatic heterocycles. The Morgan fingerprint density at radius 3 is 2.29 bits per heavy atom. The highest BCUT2D eigenvalue weighted by Gasteiger charge is 2.17. The predicted molar refractivity (Wildman–Crippen MR) is 116 cm³/mol. The zero-order chi connectivity index (χ0) is 20.4. The van der Waals surface area contributed by atoms with Crippen molar-refractivity contribution in [2.24, 2.45) is 5.10 Å². The Bertz CT molecular complexity index is 866. The fourth-order valence-electron chi connectivity index (χ4n) is 2.20. The maximum Gasteiger partial charge on any atom is 0.350 e. The smallest absolute Gasteiger partial charge is 0.350 e. The van der Waals surface area contributed by atoms with E-state index in [4.69, 9.17) is 4.74 Å². The van der Waals surface area contributed by atoms with E-state index in [1.165, 1.54) is 11.2 Å². The van der Waals surface area contributed by atoms with Gasteiger partial charge in [0.05, 0.1) is 24.7 Å². The molecular weight excluding hydrogens is 366 g/mol. The molecule has 144 valence electrons. The number of hydrazone groups is 1. The summed E-state index contributed by atoms with van der Waals surface area (Å²) >= 11 is 0. The van der Waals surface area contributed by atoms with Gasteiger partial charge in [0, 0.05) is 8.07 Å². The number of carbonyl (C=O) groups excluding carboxylic acids is 1. The molecule has 2 aromatic carbocycles. The number of esters is 1. The van der Waals surface area contributed by atoms with Crippen molar-refractivity contribution >= 4 is 25.9 Å². The van der Waals surface area contributed by atoms with Crippen molar-refractivity contribution in [1.29, 1.82) is 5.26 Å². The summed E-state index contributed by atoms with van der Waals surface area (Å²) in [6, 6.07) is 21.7. The summed E-state index contributed by atoms with van der Waals surface area (Å²) in [7, 11) is -1.32. The van der Waals surface area contributed by atoms with E-state index in [2.05, 4.69) is 24.7 Å². The molecule has 0 aliphatic carbocycles. The molecule has 2 rings (SSSR count). The van der Waals surface area contributed by atoms with Crippen LogP contribution in [0.3, 0.4) is 0 Å². The van der Waals surface area contributed by atoms with E-state index in [1.807, 2.05) is 66.7 Å². The summed E-state index contributed by atoms with van der Waals surface area (Å²) in [5.74, 6) is -0.628. The molecule has 0 fully saturated rings. The number of benzene rings is 2. The van der Waals surface area contributed by atoms with Crippen LogP contribution in [0.2, 0.25) is 25.7 Å². The molecule has 2 aromatic rings. The molecule has 0 aliphatic heterocycles. The normalized spacial score (nSPS) is 11.9. The molecule has 0 N–H and O–H groups in total. The molecule has 0 saturated carbocycles. The van der Waals surface area contributed by atoms with Crippen molar-refractivity contribution in [3.63, 3.8) is 0 Å². The SMILES string of the molecule is C[Si](C)(C)CCOC(=O)/C(C#N)=C/N(/N=C/c1ccccc1)c1ccccc1. The maximum absolute atomic E-state index is 12.3. The standard InChI is InChI=1S/C22H25N3O2Si/c1-28(2,3)15-14-27-22(26)20(16-23)18-25(21-12-8-5-9-13-21)24-17-19-10-6-4-7-11-19/h4-13,17-18H,14-15H2,1-3H3/b20-18+,24-17+. The van der Waals surface area contributed by atoms with Gasteiger partial charge in [0.2, 0.25) is 0 Å². The molecule has 0 unspecified atom stereocenters. The first kappa shape index (κ1) is 21.1. The number of anilines is 1. The first-order chi connectivity index (χ1) is 13.4. The van der Waals surface area contributed by atoms with E-state index in [-0.39, 0.29) is 5.57 Å². The van der Waals surface area contributed by atoms with Gasteiger partial charge >= 0.3 is 5.97 Å². The van der Waals surface area contributed by atoms with Crippen molar-refractivity contribution in [1.82, 2.24) is 0 Å². The highest BCUT2D eigenvalue weighted by molar-refractivity contribution is 6.76. The molecule has 0 heterocycles. The number of hydrogen-bond acceptors (Lipinski definition) is 5. The average Bonchev–Trinajstić information content (AvgIpc) is 2.68. The highest BCUT2D eigenvalue weighted by Crippen LogP contribution is 2.16. The Morgan fingerprint density at radius 1 is 1.11 bits per heavy atom. The van der Waals surface area contributed by atoms with Gasteiger partial charge in [0.15, 0.2) is 5.57 Å². The molecule has 0 radical (unpaired) electrons. The topological polar surface area (TPSA) is 65.7 Å². The Kier molecular flexibility index (Phi) is 7.72. The largest absolute Gasteiger partial charge is 0.462 e. The zero-order valence-corrected chi connectivity index (χ0v) is 17.5. The molecule has 0 amide bonds. The van der Waals surface area contributed by atoms with Crippen molar-refractivity contribution in [2.75, 3.05) is 11.6 Å². The van der Waals surface area contributed by atoms with E-state index >= 15 is 0 Å². The lowest BCUT2D eigenvalue weighted by Gasteiger charge is -2.16. The monoisotopic (exact) mass is 391 g/mol. The molecule has 28 heavy (non-hydrogen) atoms. The Hall–Kier alpha value is -3.17. The summed E-state index contributed by atoms with van der Waals surface area (Å²) < 4.78 is 5.30. The molecule has 0 saturated heterocycles. The number of nitriles is 1. The van der Waals surface area contributed by atoms with Gasteiger partial charge in [-0.1, -0.05) is 68.2 Å². The van der Waals surface area contributed by atoms with Crippen LogP contribution in [0, 0.1) is 11.3 Å². The minimum atomic E-state index is -1.32. The molecular formula is C22H25N3O2Si. The van der Waals surface area contributed by atoms with Gasteiger partial charge in [0.25, 0.3) is 0 Å². The number of nitrogens with zero attached hydrogens (tertiary/aromatic N) is 3. The zero-order valence-electron chi connectivity index (χ0n) is 16.5. The Morgan fingerprint density at radius 2 is 1.71 bits per heavy atom. The lowest BCUT2D eigenvalue weighted by molar-refractivity contribution is -0.138. The number of ether oxygens (including phenoxy) is 1. The summed E-state index contributed by atoms with van der Waals surface area (Å²) in [6.07, 6.45) is 3.08. The van der Waals surface area contributed by atoms with Crippen LogP contribution in [0.25, 0.3) is 0 Å². The highest BCUT2D eigenvalue weighted by atomic mass is 28.3. The van der Waals surface area contributed by atoms with Crippen molar-refractivity contribution in [3.05, 3.63) is 78.0 Å². The van der Waals surface area contributed by atoms with Gasteiger partial charge in [-0.15, -0.1) is 0 Å². The minimum Gasteiger partial charge on any atom is -0.462 e. The first-order valence-electron chi connectivity index (χ1n) is 9.11. The summed E-state index contributed by atoms with van der Waals surface area (Å²) in [5, 5.41) is 15.4. The Labute approximate surface area is 167 Å². The van der Waals surface area contributed by atoms with E-state index in [0.29, 0.717) is 6.61 Å². The van der Waals surface area contributed by atoms with Crippen LogP contribution in [-0.2, 0) is 9.53 Å². The van der Waals surface area contributed by atoms with Crippen LogP contribution < -0.4 is 5.01 Å². The van der Waals surface area contributed by atoms with Gasteiger partial charge in [-0.3, -0.25) is 0 Å². The van der Waals surface area contributed by atoms with Crippen LogP contribution >= 0.6 is 0 Å². The summed E-state index contributed by atoms with van der Waals surface area (Å²) in [6.45, 7) is 6.94. The van der Waals surface area contributed by atoms with Gasteiger partial charge in [-0.05, 0) is 23.7 Å². The minimum absolute atomic E-state index is 0.0929. The number of carbonyl (C=O) groups is 1. The first-order valence-corrected chi connectivity index (χ1v) is 12.8. The summed E-state index contributed by atoms with van der Waals surface area (Å²) in [5.41, 5.74) is 1.55. The number of hydrogen-bond donors (Lipinski definition) is 0. The molecule has 0 aliphatic rings. The summed E-state index contributed by atoms with van der Waals surface area (Å²) in [4.78, 5) is 12.3. The average molecular weight is 392 g/mol. The number of rotatable bonds is 8. The molecule has 0 atom stereocenters. The van der Waals surface area contributed by atoms with Gasteiger partial charge < -0.3 is 4.74 Å². The van der Waals surface area contributed by atoms with Gasteiger partial charge in [0.1, 0.15) is 6.07 Å². The second kappa shape index (κ2) is 10.2. The van der Waals surface area contributed by atoms with Crippen LogP contribution in [0.5, 0.6) is 0 Å². The van der Waals surface area contributed by atoms with Crippen LogP contribution in [-0.4, -0.2) is 26.9 Å². The fraction of sp³-hybridized carbons (Fsp3) is 0.227. The third kappa shape index (κ3) is 7.21. The Balaban J connectivity index is 2.22. The van der Waals surface area contributed by atoms with Gasteiger partial charge in [-0.2, -0.15) is 10.4 Å².